The fourth-order valence-corrected chi connectivity index (χ4v) is 5.52. The second-order valence-corrected chi connectivity index (χ2v) is 9.73. The molecule has 1 aliphatic rings. The number of hydrogen-bond acceptors (Lipinski definition) is 8. The predicted molar refractivity (Wildman–Crippen MR) is 137 cm³/mol. The molecule has 1 aliphatic heterocycles. The van der Waals surface area contributed by atoms with Gasteiger partial charge in [0.25, 0.3) is 0 Å². The highest BCUT2D eigenvalue weighted by atomic mass is 32.1. The minimum Gasteiger partial charge on any atom is -0.390 e. The summed E-state index contributed by atoms with van der Waals surface area (Å²) in [6, 6.07) is 7.99. The molecule has 2 atom stereocenters. The average molecular weight is 522 g/mol. The van der Waals surface area contributed by atoms with E-state index in [1.54, 1.807) is 36.9 Å². The Hall–Kier alpha value is -4.16. The molecule has 4 N–H and O–H groups in total. The molecule has 37 heavy (non-hydrogen) atoms. The lowest BCUT2D eigenvalue weighted by molar-refractivity contribution is -0.145. The van der Waals surface area contributed by atoms with E-state index in [1.807, 2.05) is 4.57 Å². The van der Waals surface area contributed by atoms with Crippen LogP contribution in [-0.4, -0.2) is 59.5 Å². The SMILES string of the molecule is C=CC(=O)N1CCC(O)C1(CCn1cnc2cnc(Nc3ncc(-c4ccc(F)cc4)s3)cc21)C(N)=O. The summed E-state index contributed by atoms with van der Waals surface area (Å²) in [6.45, 7) is 3.98. The Morgan fingerprint density at radius 3 is 2.78 bits per heavy atom. The van der Waals surface area contributed by atoms with E-state index < -0.39 is 23.5 Å². The van der Waals surface area contributed by atoms with E-state index in [2.05, 4.69) is 26.8 Å². The van der Waals surface area contributed by atoms with Crippen molar-refractivity contribution in [2.45, 2.75) is 31.0 Å². The number of benzene rings is 1. The van der Waals surface area contributed by atoms with Gasteiger partial charge < -0.3 is 25.6 Å². The lowest BCUT2D eigenvalue weighted by Gasteiger charge is -2.37. The largest absolute Gasteiger partial charge is 0.390 e. The van der Waals surface area contributed by atoms with Gasteiger partial charge in [0.15, 0.2) is 5.13 Å². The van der Waals surface area contributed by atoms with Crippen LogP contribution in [0.2, 0.25) is 0 Å². The number of carbonyl (C=O) groups excluding carboxylic acids is 2. The number of halogens is 1. The molecule has 2 unspecified atom stereocenters. The zero-order valence-electron chi connectivity index (χ0n) is 19.7. The molecule has 4 heterocycles. The number of likely N-dealkylation sites (tertiary alicyclic amines) is 1. The van der Waals surface area contributed by atoms with Gasteiger partial charge in [-0.15, -0.1) is 0 Å². The third-order valence-electron chi connectivity index (χ3n) is 6.64. The van der Waals surface area contributed by atoms with Gasteiger partial charge in [0, 0.05) is 31.8 Å². The summed E-state index contributed by atoms with van der Waals surface area (Å²) in [5.41, 5.74) is 6.42. The van der Waals surface area contributed by atoms with E-state index in [4.69, 9.17) is 5.73 Å². The number of aliphatic hydroxyl groups excluding tert-OH is 1. The highest BCUT2D eigenvalue weighted by molar-refractivity contribution is 7.18. The second-order valence-electron chi connectivity index (χ2n) is 8.69. The third-order valence-corrected chi connectivity index (χ3v) is 7.60. The van der Waals surface area contributed by atoms with E-state index in [1.165, 1.54) is 28.4 Å². The van der Waals surface area contributed by atoms with Crippen LogP contribution in [0.4, 0.5) is 15.3 Å². The van der Waals surface area contributed by atoms with E-state index in [9.17, 15) is 19.1 Å². The first-order valence-corrected chi connectivity index (χ1v) is 12.3. The maximum Gasteiger partial charge on any atom is 0.246 e. The number of nitrogens with two attached hydrogens (primary N) is 1. The van der Waals surface area contributed by atoms with Crippen molar-refractivity contribution < 1.29 is 19.1 Å². The van der Waals surface area contributed by atoms with Crippen LogP contribution in [0.15, 0.2) is 61.7 Å². The highest BCUT2D eigenvalue weighted by Crippen LogP contribution is 2.35. The maximum atomic E-state index is 13.2. The number of thiazole rings is 1. The Morgan fingerprint density at radius 1 is 1.27 bits per heavy atom. The number of hydrogen-bond donors (Lipinski definition) is 3. The van der Waals surface area contributed by atoms with E-state index in [-0.39, 0.29) is 31.7 Å². The molecule has 3 aromatic heterocycles. The molecule has 5 rings (SSSR count). The van der Waals surface area contributed by atoms with Gasteiger partial charge in [0.05, 0.1) is 29.0 Å². The normalized spacial score (nSPS) is 19.3. The highest BCUT2D eigenvalue weighted by Gasteiger charge is 2.54. The fourth-order valence-electron chi connectivity index (χ4n) is 4.70. The van der Waals surface area contributed by atoms with Crippen molar-refractivity contribution in [1.29, 1.82) is 0 Å². The lowest BCUT2D eigenvalue weighted by atomic mass is 9.88. The van der Waals surface area contributed by atoms with Gasteiger partial charge >= 0.3 is 0 Å². The molecule has 1 saturated heterocycles. The van der Waals surface area contributed by atoms with Gasteiger partial charge in [-0.3, -0.25) is 9.59 Å². The van der Waals surface area contributed by atoms with E-state index >= 15 is 0 Å². The van der Waals surface area contributed by atoms with Crippen LogP contribution in [-0.2, 0) is 16.1 Å². The number of aliphatic hydroxyl groups is 1. The molecule has 190 valence electrons. The molecule has 2 amide bonds. The van der Waals surface area contributed by atoms with Gasteiger partial charge in [-0.25, -0.2) is 19.3 Å². The molecule has 0 saturated carbocycles. The smallest absolute Gasteiger partial charge is 0.246 e. The first-order valence-electron chi connectivity index (χ1n) is 11.5. The number of amides is 2. The van der Waals surface area contributed by atoms with Crippen LogP contribution in [0.25, 0.3) is 21.5 Å². The van der Waals surface area contributed by atoms with Crippen LogP contribution in [0.1, 0.15) is 12.8 Å². The Labute approximate surface area is 215 Å². The zero-order chi connectivity index (χ0) is 26.2. The second kappa shape index (κ2) is 9.71. The number of aromatic nitrogens is 4. The van der Waals surface area contributed by atoms with Crippen molar-refractivity contribution >= 4 is 45.1 Å². The number of anilines is 2. The van der Waals surface area contributed by atoms with E-state index in [0.29, 0.717) is 16.5 Å². The molecular weight excluding hydrogens is 497 g/mol. The first kappa shape index (κ1) is 24.5. The zero-order valence-corrected chi connectivity index (χ0v) is 20.5. The summed E-state index contributed by atoms with van der Waals surface area (Å²) in [7, 11) is 0. The van der Waals surface area contributed by atoms with Crippen molar-refractivity contribution in [3.63, 3.8) is 0 Å². The number of primary amides is 1. The number of imidazole rings is 1. The fraction of sp³-hybridized carbons (Fsp3) is 0.240. The summed E-state index contributed by atoms with van der Waals surface area (Å²) < 4.78 is 15.0. The van der Waals surface area contributed by atoms with Crippen LogP contribution < -0.4 is 11.1 Å². The quantitative estimate of drug-likeness (QED) is 0.303. The third kappa shape index (κ3) is 4.45. The van der Waals surface area contributed by atoms with Gasteiger partial charge in [-0.2, -0.15) is 0 Å². The molecule has 0 radical (unpaired) electrons. The van der Waals surface area contributed by atoms with Crippen LogP contribution in [0, 0.1) is 5.82 Å². The first-order chi connectivity index (χ1) is 17.8. The Kier molecular flexibility index (Phi) is 6.44. The molecule has 4 aromatic rings. The van der Waals surface area contributed by atoms with Crippen LogP contribution in [0.5, 0.6) is 0 Å². The molecular formula is C25H24FN7O3S. The summed E-state index contributed by atoms with van der Waals surface area (Å²) in [5.74, 6) is -0.986. The Balaban J connectivity index is 1.37. The number of nitrogens with one attached hydrogen (secondary N) is 1. The predicted octanol–water partition coefficient (Wildman–Crippen LogP) is 2.83. The number of aryl methyl sites for hydroxylation is 1. The average Bonchev–Trinajstić information content (AvgIpc) is 3.60. The molecule has 0 aliphatic carbocycles. The summed E-state index contributed by atoms with van der Waals surface area (Å²) >= 11 is 1.40. The van der Waals surface area contributed by atoms with Crippen LogP contribution >= 0.6 is 11.3 Å². The standard InChI is InChI=1S/C25H24FN7O3S/c1-2-22(35)33-9-7-20(34)25(33,23(27)36)8-10-32-14-30-17-12-28-21(11-18(17)32)31-24-29-13-19(37-24)15-3-5-16(26)6-4-15/h2-6,11-14,20,34H,1,7-10H2,(H2,27,36)(H,28,29,31). The lowest BCUT2D eigenvalue weighted by Crippen LogP contribution is -2.61. The number of fused-ring (bicyclic) bond motifs is 1. The maximum absolute atomic E-state index is 13.2. The minimum atomic E-state index is -1.53. The van der Waals surface area contributed by atoms with Crippen molar-refractivity contribution in [3.8, 4) is 10.4 Å². The number of carbonyl (C=O) groups is 2. The van der Waals surface area contributed by atoms with Crippen LogP contribution in [0.3, 0.4) is 0 Å². The molecule has 0 spiro atoms. The topological polar surface area (TPSA) is 139 Å². The van der Waals surface area contributed by atoms with Crippen molar-refractivity contribution in [1.82, 2.24) is 24.4 Å². The summed E-state index contributed by atoms with van der Waals surface area (Å²) in [4.78, 5) is 40.3. The molecule has 1 aromatic carbocycles. The summed E-state index contributed by atoms with van der Waals surface area (Å²) in [6.07, 6.45) is 5.32. The van der Waals surface area contributed by atoms with E-state index in [0.717, 1.165) is 22.0 Å². The molecule has 12 heteroatoms. The minimum absolute atomic E-state index is 0.104. The van der Waals surface area contributed by atoms with Crippen molar-refractivity contribution in [3.05, 3.63) is 67.5 Å². The molecule has 0 bridgehead atoms. The Morgan fingerprint density at radius 2 is 2.05 bits per heavy atom. The van der Waals surface area contributed by atoms with Gasteiger partial charge in [0.2, 0.25) is 11.8 Å². The molecule has 1 fully saturated rings. The van der Waals surface area contributed by atoms with Crippen molar-refractivity contribution in [2.75, 3.05) is 11.9 Å². The number of pyridine rings is 1. The van der Waals surface area contributed by atoms with Crippen molar-refractivity contribution in [2.24, 2.45) is 5.73 Å². The number of rotatable bonds is 8. The summed E-state index contributed by atoms with van der Waals surface area (Å²) in [5, 5.41) is 14.5. The molecule has 10 nitrogen and oxygen atoms in total. The van der Waals surface area contributed by atoms with Gasteiger partial charge in [-0.1, -0.05) is 30.0 Å². The Bertz CT molecular complexity index is 1490. The van der Waals surface area contributed by atoms with Gasteiger partial charge in [-0.05, 0) is 30.2 Å². The monoisotopic (exact) mass is 521 g/mol. The van der Waals surface area contributed by atoms with Gasteiger partial charge in [0.1, 0.15) is 22.7 Å². The number of nitrogens with zero attached hydrogens (tertiary/aromatic N) is 5.